The van der Waals surface area contributed by atoms with Gasteiger partial charge in [-0.2, -0.15) is 0 Å². The van der Waals surface area contributed by atoms with Crippen molar-refractivity contribution in [3.63, 3.8) is 0 Å². The normalized spacial score (nSPS) is 10.5. The van der Waals surface area contributed by atoms with Gasteiger partial charge in [-0.1, -0.05) is 30.3 Å². The molecule has 3 rings (SSSR count). The van der Waals surface area contributed by atoms with Crippen molar-refractivity contribution in [2.45, 2.75) is 26.3 Å². The molecule has 0 aliphatic rings. The Morgan fingerprint density at radius 2 is 1.77 bits per heavy atom. The lowest BCUT2D eigenvalue weighted by atomic mass is 10.1. The van der Waals surface area contributed by atoms with Crippen LogP contribution >= 0.6 is 0 Å². The Kier molecular flexibility index (Phi) is 7.70. The van der Waals surface area contributed by atoms with Crippen molar-refractivity contribution in [1.82, 2.24) is 14.9 Å². The zero-order valence-corrected chi connectivity index (χ0v) is 17.4. The van der Waals surface area contributed by atoms with Gasteiger partial charge >= 0.3 is 0 Å². The first-order valence-corrected chi connectivity index (χ1v) is 10.2. The molecule has 0 saturated heterocycles. The van der Waals surface area contributed by atoms with Crippen LogP contribution in [-0.4, -0.2) is 34.4 Å². The lowest BCUT2D eigenvalue weighted by molar-refractivity contribution is -0.121. The summed E-state index contributed by atoms with van der Waals surface area (Å²) in [6.07, 6.45) is 1.73. The van der Waals surface area contributed by atoms with Gasteiger partial charge < -0.3 is 10.1 Å². The highest BCUT2D eigenvalue weighted by molar-refractivity contribution is 5.97. The maximum Gasteiger partial charge on any atom is 0.253 e. The Morgan fingerprint density at radius 3 is 2.45 bits per heavy atom. The summed E-state index contributed by atoms with van der Waals surface area (Å²) in [5.41, 5.74) is 1.80. The molecule has 0 spiro atoms. The summed E-state index contributed by atoms with van der Waals surface area (Å²) in [6.45, 7) is 3.09. The van der Waals surface area contributed by atoms with Gasteiger partial charge in [-0.15, -0.1) is 0 Å². The van der Waals surface area contributed by atoms with Gasteiger partial charge in [0.2, 0.25) is 5.91 Å². The smallest absolute Gasteiger partial charge is 0.253 e. The van der Waals surface area contributed by atoms with E-state index in [0.29, 0.717) is 24.4 Å². The number of nitrogens with one attached hydrogen (secondary N) is 1. The van der Waals surface area contributed by atoms with E-state index in [4.69, 9.17) is 4.74 Å². The van der Waals surface area contributed by atoms with Crippen molar-refractivity contribution in [3.05, 3.63) is 82.9 Å². The minimum atomic E-state index is -0.226. The van der Waals surface area contributed by atoms with Gasteiger partial charge in [-0.25, -0.2) is 4.98 Å². The number of amides is 1. The zero-order valence-electron chi connectivity index (χ0n) is 17.4. The molecule has 3 aromatic rings. The molecule has 7 heteroatoms. The summed E-state index contributed by atoms with van der Waals surface area (Å²) < 4.78 is 6.85. The molecule has 0 fully saturated rings. The van der Waals surface area contributed by atoms with Crippen LogP contribution in [-0.2, 0) is 11.3 Å². The number of benzene rings is 2. The van der Waals surface area contributed by atoms with Crippen LogP contribution in [0.1, 0.15) is 30.1 Å². The molecule has 0 aliphatic carbocycles. The molecule has 1 amide bonds. The molecule has 0 saturated carbocycles. The molecule has 2 aromatic carbocycles. The number of Topliss-reactive ketones (excluding diaryl/α,β-unsaturated/α-hetero) is 1. The Balaban J connectivity index is 1.47. The number of carbonyl (C=O) groups is 2. The van der Waals surface area contributed by atoms with Crippen LogP contribution in [0.5, 0.6) is 5.75 Å². The zero-order chi connectivity index (χ0) is 22.1. The fourth-order valence-electron chi connectivity index (χ4n) is 3.04. The largest absolute Gasteiger partial charge is 0.494 e. The summed E-state index contributed by atoms with van der Waals surface area (Å²) in [5, 5.41) is 2.74. The van der Waals surface area contributed by atoms with E-state index in [1.165, 1.54) is 17.0 Å². The molecule has 0 radical (unpaired) electrons. The Bertz CT molecular complexity index is 1080. The van der Waals surface area contributed by atoms with Crippen molar-refractivity contribution >= 4 is 11.7 Å². The van der Waals surface area contributed by atoms with Crippen molar-refractivity contribution in [2.24, 2.45) is 0 Å². The van der Waals surface area contributed by atoms with Crippen molar-refractivity contribution < 1.29 is 14.3 Å². The first kappa shape index (κ1) is 22.0. The van der Waals surface area contributed by atoms with Crippen LogP contribution < -0.4 is 15.6 Å². The van der Waals surface area contributed by atoms with Crippen molar-refractivity contribution in [2.75, 3.05) is 13.2 Å². The highest BCUT2D eigenvalue weighted by atomic mass is 16.5. The average Bonchev–Trinajstić information content (AvgIpc) is 2.80. The van der Waals surface area contributed by atoms with E-state index in [9.17, 15) is 14.4 Å². The van der Waals surface area contributed by atoms with E-state index >= 15 is 0 Å². The monoisotopic (exact) mass is 419 g/mol. The van der Waals surface area contributed by atoms with Crippen LogP contribution in [0.4, 0.5) is 0 Å². The number of nitrogens with zero attached hydrogens (tertiary/aromatic N) is 2. The lowest BCUT2D eigenvalue weighted by Gasteiger charge is -2.09. The number of ketones is 1. The third-order valence-corrected chi connectivity index (χ3v) is 4.69. The molecular formula is C24H25N3O4. The Hall–Kier alpha value is -3.74. The van der Waals surface area contributed by atoms with E-state index in [1.54, 1.807) is 24.3 Å². The third-order valence-electron chi connectivity index (χ3n) is 4.69. The second-order valence-electron chi connectivity index (χ2n) is 6.90. The predicted octanol–water partition coefficient (Wildman–Crippen LogP) is 3.09. The molecule has 1 aromatic heterocycles. The molecule has 0 bridgehead atoms. The second kappa shape index (κ2) is 10.9. The van der Waals surface area contributed by atoms with Crippen molar-refractivity contribution in [1.29, 1.82) is 0 Å². The van der Waals surface area contributed by atoms with Gasteiger partial charge in [0.25, 0.3) is 5.56 Å². The van der Waals surface area contributed by atoms with E-state index in [-0.39, 0.29) is 36.6 Å². The number of hydrogen-bond donors (Lipinski definition) is 1. The number of ether oxygens (including phenoxy) is 1. The first-order valence-electron chi connectivity index (χ1n) is 10.2. The molecule has 7 nitrogen and oxygen atoms in total. The summed E-state index contributed by atoms with van der Waals surface area (Å²) in [6, 6.07) is 17.7. The molecule has 0 aliphatic heterocycles. The lowest BCUT2D eigenvalue weighted by Crippen LogP contribution is -2.31. The highest BCUT2D eigenvalue weighted by Crippen LogP contribution is 2.19. The van der Waals surface area contributed by atoms with Crippen LogP contribution in [0, 0.1) is 0 Å². The van der Waals surface area contributed by atoms with Gasteiger partial charge in [0.05, 0.1) is 18.6 Å². The Morgan fingerprint density at radius 1 is 1.03 bits per heavy atom. The van der Waals surface area contributed by atoms with Gasteiger partial charge in [-0.05, 0) is 31.2 Å². The number of carbonyl (C=O) groups excluding carboxylic acids is 2. The number of rotatable bonds is 10. The van der Waals surface area contributed by atoms with Crippen molar-refractivity contribution in [3.8, 4) is 17.0 Å². The van der Waals surface area contributed by atoms with Gasteiger partial charge in [0.15, 0.2) is 5.78 Å². The third kappa shape index (κ3) is 6.37. The van der Waals surface area contributed by atoms with Crippen LogP contribution in [0.25, 0.3) is 11.3 Å². The Labute approximate surface area is 180 Å². The second-order valence-corrected chi connectivity index (χ2v) is 6.90. The van der Waals surface area contributed by atoms with Gasteiger partial charge in [0, 0.05) is 43.1 Å². The van der Waals surface area contributed by atoms with E-state index in [1.807, 2.05) is 37.3 Å². The van der Waals surface area contributed by atoms with Gasteiger partial charge in [-0.3, -0.25) is 19.0 Å². The quantitative estimate of drug-likeness (QED) is 0.510. The maximum absolute atomic E-state index is 12.4. The standard InChI is InChI=1S/C24H25N3O4/c1-2-31-20-10-8-18(9-11-20)21-16-24(30)27(17-26-21)15-14-25-23(29)13-12-22(28)19-6-4-3-5-7-19/h3-11,16-17H,2,12-15H2,1H3,(H,25,29). The molecule has 0 unspecified atom stereocenters. The van der Waals surface area contributed by atoms with Crippen LogP contribution in [0.3, 0.4) is 0 Å². The van der Waals surface area contributed by atoms with Gasteiger partial charge in [0.1, 0.15) is 5.75 Å². The molecule has 0 atom stereocenters. The number of hydrogen-bond acceptors (Lipinski definition) is 5. The summed E-state index contributed by atoms with van der Waals surface area (Å²) >= 11 is 0. The minimum Gasteiger partial charge on any atom is -0.494 e. The molecular weight excluding hydrogens is 394 g/mol. The first-order chi connectivity index (χ1) is 15.1. The van der Waals surface area contributed by atoms with Crippen LogP contribution in [0.15, 0.2) is 71.8 Å². The fourth-order valence-corrected chi connectivity index (χ4v) is 3.04. The minimum absolute atomic E-state index is 0.0685. The van der Waals surface area contributed by atoms with E-state index in [0.717, 1.165) is 11.3 Å². The molecule has 31 heavy (non-hydrogen) atoms. The summed E-state index contributed by atoms with van der Waals surface area (Å²) in [4.78, 5) is 40.8. The molecule has 160 valence electrons. The fraction of sp³-hybridized carbons (Fsp3) is 0.250. The summed E-state index contributed by atoms with van der Waals surface area (Å²) in [5.74, 6) is 0.471. The maximum atomic E-state index is 12.4. The molecule has 1 N–H and O–H groups in total. The van der Waals surface area contributed by atoms with Crippen LogP contribution in [0.2, 0.25) is 0 Å². The number of aromatic nitrogens is 2. The predicted molar refractivity (Wildman–Crippen MR) is 118 cm³/mol. The summed E-state index contributed by atoms with van der Waals surface area (Å²) in [7, 11) is 0. The average molecular weight is 419 g/mol. The SMILES string of the molecule is CCOc1ccc(-c2cc(=O)n(CCNC(=O)CCC(=O)c3ccccc3)cn2)cc1. The molecule has 1 heterocycles. The van der Waals surface area contributed by atoms with E-state index < -0.39 is 0 Å². The topological polar surface area (TPSA) is 90.3 Å². The highest BCUT2D eigenvalue weighted by Gasteiger charge is 2.09. The van der Waals surface area contributed by atoms with E-state index in [2.05, 4.69) is 10.3 Å².